The third kappa shape index (κ3) is 3.15. The van der Waals surface area contributed by atoms with Crippen LogP contribution < -0.4 is 0 Å². The summed E-state index contributed by atoms with van der Waals surface area (Å²) >= 11 is 0. The predicted octanol–water partition coefficient (Wildman–Crippen LogP) is 6.13. The maximum atomic E-state index is 13.5. The highest BCUT2D eigenvalue weighted by atomic mass is 16.1. The maximum Gasteiger partial charge on any atom is 0.189 e. The molecular formula is C30H24O3. The fourth-order valence-electron chi connectivity index (χ4n) is 5.37. The van der Waals surface area contributed by atoms with Gasteiger partial charge in [0.1, 0.15) is 0 Å². The number of fused-ring (bicyclic) bond motifs is 2. The molecule has 0 aliphatic heterocycles. The molecule has 0 N–H and O–H groups in total. The Bertz CT molecular complexity index is 1280. The number of ketones is 3. The third-order valence-corrected chi connectivity index (χ3v) is 6.96. The SMILES string of the molecule is CC(=O)c1ccc(C2(c3ccc(C(C)=O)cc3)c3ccccc3C(=O)C3=CCC=CC32)cc1. The Hall–Kier alpha value is -3.85. The summed E-state index contributed by atoms with van der Waals surface area (Å²) in [7, 11) is 0. The lowest BCUT2D eigenvalue weighted by Crippen LogP contribution is -2.45. The van der Waals surface area contributed by atoms with Gasteiger partial charge in [-0.15, -0.1) is 0 Å². The van der Waals surface area contributed by atoms with Gasteiger partial charge in [0.25, 0.3) is 0 Å². The summed E-state index contributed by atoms with van der Waals surface area (Å²) in [6, 6.07) is 23.2. The first-order chi connectivity index (χ1) is 15.9. The zero-order chi connectivity index (χ0) is 23.2. The van der Waals surface area contributed by atoms with Gasteiger partial charge in [-0.3, -0.25) is 14.4 Å². The van der Waals surface area contributed by atoms with E-state index >= 15 is 0 Å². The number of hydrogen-bond acceptors (Lipinski definition) is 3. The first kappa shape index (κ1) is 21.0. The highest BCUT2D eigenvalue weighted by Crippen LogP contribution is 2.54. The highest BCUT2D eigenvalue weighted by molar-refractivity contribution is 6.13. The molecule has 0 bridgehead atoms. The molecule has 3 aromatic rings. The molecule has 0 spiro atoms. The Labute approximate surface area is 193 Å². The molecular weight excluding hydrogens is 408 g/mol. The van der Waals surface area contributed by atoms with Crippen molar-refractivity contribution in [3.8, 4) is 0 Å². The van der Waals surface area contributed by atoms with Gasteiger partial charge in [0.05, 0.1) is 5.41 Å². The van der Waals surface area contributed by atoms with Crippen LogP contribution in [-0.4, -0.2) is 17.3 Å². The van der Waals surface area contributed by atoms with E-state index in [1.807, 2.05) is 78.9 Å². The van der Waals surface area contributed by atoms with Gasteiger partial charge in [0.15, 0.2) is 17.3 Å². The Morgan fingerprint density at radius 1 is 0.788 bits per heavy atom. The number of hydrogen-bond donors (Lipinski definition) is 0. The second-order valence-corrected chi connectivity index (χ2v) is 8.75. The fraction of sp³-hybridized carbons (Fsp3) is 0.167. The summed E-state index contributed by atoms with van der Waals surface area (Å²) in [5, 5.41) is 0. The van der Waals surface area contributed by atoms with Gasteiger partial charge < -0.3 is 0 Å². The Morgan fingerprint density at radius 2 is 1.33 bits per heavy atom. The zero-order valence-corrected chi connectivity index (χ0v) is 18.7. The van der Waals surface area contributed by atoms with Gasteiger partial charge >= 0.3 is 0 Å². The van der Waals surface area contributed by atoms with Crippen LogP contribution >= 0.6 is 0 Å². The third-order valence-electron chi connectivity index (χ3n) is 6.96. The van der Waals surface area contributed by atoms with Crippen LogP contribution in [-0.2, 0) is 5.41 Å². The van der Waals surface area contributed by atoms with Gasteiger partial charge in [-0.25, -0.2) is 0 Å². The Balaban J connectivity index is 1.87. The minimum Gasteiger partial charge on any atom is -0.295 e. The number of Topliss-reactive ketones (excluding diaryl/α,β-unsaturated/α-hetero) is 3. The molecule has 3 nitrogen and oxygen atoms in total. The molecule has 2 aliphatic rings. The number of carbonyl (C=O) groups excluding carboxylic acids is 3. The van der Waals surface area contributed by atoms with Crippen molar-refractivity contribution in [1.82, 2.24) is 0 Å². The molecule has 0 radical (unpaired) electrons. The standard InChI is InChI=1S/C30H24O3/c1-19(31)21-11-15-23(16-12-21)30(24-17-13-22(14-18-24)20(2)32)27-9-5-3-7-25(27)29(33)26-8-4-6-10-28(26)30/h3,5-18,28H,4H2,1-2H3. The average Bonchev–Trinajstić information content (AvgIpc) is 2.85. The van der Waals surface area contributed by atoms with Crippen molar-refractivity contribution in [2.24, 2.45) is 5.92 Å². The Kier molecular flexibility index (Phi) is 5.05. The minimum absolute atomic E-state index is 0.0128. The van der Waals surface area contributed by atoms with Crippen LogP contribution in [0.1, 0.15) is 68.0 Å². The summed E-state index contributed by atoms with van der Waals surface area (Å²) < 4.78 is 0. The maximum absolute atomic E-state index is 13.5. The van der Waals surface area contributed by atoms with E-state index in [0.29, 0.717) is 16.7 Å². The van der Waals surface area contributed by atoms with Crippen LogP contribution in [0.5, 0.6) is 0 Å². The number of carbonyl (C=O) groups is 3. The van der Waals surface area contributed by atoms with Crippen molar-refractivity contribution in [2.45, 2.75) is 25.7 Å². The molecule has 1 unspecified atom stereocenters. The number of allylic oxidation sites excluding steroid dienone is 4. The Morgan fingerprint density at radius 3 is 1.88 bits per heavy atom. The molecule has 33 heavy (non-hydrogen) atoms. The van der Waals surface area contributed by atoms with Crippen LogP contribution in [0.25, 0.3) is 0 Å². The van der Waals surface area contributed by atoms with E-state index in [1.165, 1.54) is 0 Å². The van der Waals surface area contributed by atoms with Crippen molar-refractivity contribution in [1.29, 1.82) is 0 Å². The van der Waals surface area contributed by atoms with Gasteiger partial charge in [0.2, 0.25) is 0 Å². The van der Waals surface area contributed by atoms with Crippen molar-refractivity contribution in [3.05, 3.63) is 130 Å². The first-order valence-corrected chi connectivity index (χ1v) is 11.2. The second-order valence-electron chi connectivity index (χ2n) is 8.75. The monoisotopic (exact) mass is 432 g/mol. The van der Waals surface area contributed by atoms with E-state index in [4.69, 9.17) is 0 Å². The van der Waals surface area contributed by atoms with Gasteiger partial charge in [0, 0.05) is 28.2 Å². The largest absolute Gasteiger partial charge is 0.295 e. The lowest BCUT2D eigenvalue weighted by molar-refractivity contribution is 0.1000. The number of rotatable bonds is 4. The molecule has 0 saturated carbocycles. The van der Waals surface area contributed by atoms with Gasteiger partial charge in [-0.1, -0.05) is 91.0 Å². The predicted molar refractivity (Wildman–Crippen MR) is 129 cm³/mol. The van der Waals surface area contributed by atoms with Gasteiger partial charge in [-0.2, -0.15) is 0 Å². The first-order valence-electron chi connectivity index (χ1n) is 11.2. The summed E-state index contributed by atoms with van der Waals surface area (Å²) in [6.07, 6.45) is 7.01. The van der Waals surface area contributed by atoms with E-state index in [0.717, 1.165) is 28.7 Å². The molecule has 162 valence electrons. The van der Waals surface area contributed by atoms with Crippen molar-refractivity contribution >= 4 is 17.3 Å². The van der Waals surface area contributed by atoms with E-state index < -0.39 is 5.41 Å². The van der Waals surface area contributed by atoms with Crippen LogP contribution in [0.3, 0.4) is 0 Å². The van der Waals surface area contributed by atoms with E-state index in [9.17, 15) is 14.4 Å². The summed E-state index contributed by atoms with van der Waals surface area (Å²) in [6.45, 7) is 3.12. The second kappa shape index (κ2) is 7.93. The topological polar surface area (TPSA) is 51.2 Å². The molecule has 0 heterocycles. The number of benzene rings is 3. The summed E-state index contributed by atoms with van der Waals surface area (Å²) in [5.41, 5.74) is 5.07. The fourth-order valence-corrected chi connectivity index (χ4v) is 5.37. The molecule has 0 fully saturated rings. The minimum atomic E-state index is -0.669. The van der Waals surface area contributed by atoms with Gasteiger partial charge in [-0.05, 0) is 37.0 Å². The summed E-state index contributed by atoms with van der Waals surface area (Å²) in [4.78, 5) is 37.4. The molecule has 2 aliphatic carbocycles. The molecule has 0 saturated heterocycles. The van der Waals surface area contributed by atoms with Crippen LogP contribution in [0.4, 0.5) is 0 Å². The normalized spacial score (nSPS) is 18.2. The average molecular weight is 433 g/mol. The van der Waals surface area contributed by atoms with Crippen molar-refractivity contribution in [2.75, 3.05) is 0 Å². The molecule has 1 atom stereocenters. The van der Waals surface area contributed by atoms with Crippen molar-refractivity contribution in [3.63, 3.8) is 0 Å². The molecule has 3 heteroatoms. The van der Waals surface area contributed by atoms with E-state index in [1.54, 1.807) is 13.8 Å². The summed E-state index contributed by atoms with van der Waals surface area (Å²) in [5.74, 6) is -0.103. The smallest absolute Gasteiger partial charge is 0.189 e. The lowest BCUT2D eigenvalue weighted by Gasteiger charge is -2.47. The quantitative estimate of drug-likeness (QED) is 0.368. The van der Waals surface area contributed by atoms with Crippen LogP contribution in [0, 0.1) is 5.92 Å². The molecule has 5 rings (SSSR count). The highest BCUT2D eigenvalue weighted by Gasteiger charge is 2.51. The molecule has 3 aromatic carbocycles. The molecule has 0 amide bonds. The lowest BCUT2D eigenvalue weighted by atomic mass is 9.54. The zero-order valence-electron chi connectivity index (χ0n) is 18.7. The van der Waals surface area contributed by atoms with E-state index in [-0.39, 0.29) is 23.3 Å². The van der Waals surface area contributed by atoms with Crippen molar-refractivity contribution < 1.29 is 14.4 Å². The van der Waals surface area contributed by atoms with Crippen LogP contribution in [0.15, 0.2) is 96.6 Å². The molecule has 0 aromatic heterocycles. The van der Waals surface area contributed by atoms with Crippen LogP contribution in [0.2, 0.25) is 0 Å². The van der Waals surface area contributed by atoms with E-state index in [2.05, 4.69) is 12.2 Å².